The minimum absolute atomic E-state index is 0.0617. The molecule has 1 aliphatic heterocycles. The summed E-state index contributed by atoms with van der Waals surface area (Å²) in [5.74, 6) is -0.0617. The molecule has 3 heterocycles. The molecule has 0 saturated carbocycles. The highest BCUT2D eigenvalue weighted by molar-refractivity contribution is 7.46. The van der Waals surface area contributed by atoms with Crippen LogP contribution in [0.1, 0.15) is 19.6 Å². The number of imidazole rings is 1. The van der Waals surface area contributed by atoms with E-state index in [4.69, 9.17) is 24.8 Å². The van der Waals surface area contributed by atoms with E-state index in [0.717, 1.165) is 0 Å². The van der Waals surface area contributed by atoms with E-state index in [2.05, 4.69) is 15.0 Å². The van der Waals surface area contributed by atoms with Crippen LogP contribution >= 0.6 is 7.82 Å². The molecule has 22 heavy (non-hydrogen) atoms. The van der Waals surface area contributed by atoms with Crippen LogP contribution in [0.4, 0.5) is 5.95 Å². The van der Waals surface area contributed by atoms with Gasteiger partial charge in [0.05, 0.1) is 18.5 Å². The molecule has 0 spiro atoms. The number of aromatic amines is 1. The van der Waals surface area contributed by atoms with E-state index in [-0.39, 0.29) is 23.5 Å². The summed E-state index contributed by atoms with van der Waals surface area (Å²) in [4.78, 5) is 39.8. The number of H-pyrrole nitrogens is 1. The number of phosphoric ester groups is 1. The molecule has 0 aromatic carbocycles. The number of nitrogens with zero attached hydrogens (tertiary/aromatic N) is 3. The number of ether oxygens (including phenoxy) is 1. The fourth-order valence-corrected chi connectivity index (χ4v) is 3.03. The van der Waals surface area contributed by atoms with Crippen LogP contribution in [-0.4, -0.2) is 41.5 Å². The lowest BCUT2D eigenvalue weighted by molar-refractivity contribution is -0.00648. The largest absolute Gasteiger partial charge is 0.469 e. The second kappa shape index (κ2) is 5.14. The Balaban J connectivity index is 1.93. The van der Waals surface area contributed by atoms with Crippen molar-refractivity contribution in [3.05, 3.63) is 16.7 Å². The van der Waals surface area contributed by atoms with Gasteiger partial charge in [0.1, 0.15) is 6.23 Å². The Kier molecular flexibility index (Phi) is 3.54. The summed E-state index contributed by atoms with van der Waals surface area (Å²) in [6.07, 6.45) is -0.419. The topological polar surface area (TPSA) is 166 Å². The highest BCUT2D eigenvalue weighted by atomic mass is 31.2. The molecule has 2 aromatic rings. The van der Waals surface area contributed by atoms with Gasteiger partial charge in [0.15, 0.2) is 11.2 Å². The Bertz CT molecular complexity index is 812. The molecular formula is C10H14N5O6P. The smallest absolute Gasteiger partial charge is 0.369 e. The van der Waals surface area contributed by atoms with Gasteiger partial charge in [-0.2, -0.15) is 4.98 Å². The molecule has 1 aliphatic rings. The van der Waals surface area contributed by atoms with Crippen LogP contribution in [-0.2, 0) is 13.8 Å². The van der Waals surface area contributed by atoms with E-state index in [1.165, 1.54) is 10.9 Å². The Hall–Kier alpha value is -1.78. The minimum atomic E-state index is -4.61. The van der Waals surface area contributed by atoms with Crippen molar-refractivity contribution in [3.63, 3.8) is 0 Å². The number of fused-ring (bicyclic) bond motifs is 1. The van der Waals surface area contributed by atoms with Gasteiger partial charge in [0.25, 0.3) is 5.56 Å². The predicted molar refractivity (Wildman–Crippen MR) is 73.7 cm³/mol. The van der Waals surface area contributed by atoms with Crippen molar-refractivity contribution >= 4 is 24.9 Å². The Morgan fingerprint density at radius 1 is 1.59 bits per heavy atom. The van der Waals surface area contributed by atoms with Crippen LogP contribution in [0.15, 0.2) is 11.1 Å². The zero-order valence-electron chi connectivity index (χ0n) is 11.4. The number of hydrogen-bond acceptors (Lipinski definition) is 7. The number of phosphoric acid groups is 1. The molecule has 0 radical (unpaired) electrons. The highest BCUT2D eigenvalue weighted by Crippen LogP contribution is 2.43. The summed E-state index contributed by atoms with van der Waals surface area (Å²) in [6, 6.07) is 0. The average Bonchev–Trinajstić information content (AvgIpc) is 2.92. The Labute approximate surface area is 123 Å². The van der Waals surface area contributed by atoms with Crippen LogP contribution in [0.25, 0.3) is 11.2 Å². The first-order valence-electron chi connectivity index (χ1n) is 6.36. The van der Waals surface area contributed by atoms with Crippen molar-refractivity contribution in [2.75, 3.05) is 5.73 Å². The summed E-state index contributed by atoms with van der Waals surface area (Å²) in [5.41, 5.74) is 5.37. The lowest BCUT2D eigenvalue weighted by Gasteiger charge is -2.14. The van der Waals surface area contributed by atoms with E-state index in [0.29, 0.717) is 0 Å². The van der Waals surface area contributed by atoms with Gasteiger partial charge < -0.3 is 20.3 Å². The lowest BCUT2D eigenvalue weighted by atomic mass is 10.2. The molecule has 0 aliphatic carbocycles. The molecule has 12 heteroatoms. The van der Waals surface area contributed by atoms with Crippen molar-refractivity contribution in [3.8, 4) is 0 Å². The first kappa shape index (κ1) is 15.1. The van der Waals surface area contributed by atoms with Crippen LogP contribution in [0, 0.1) is 0 Å². The summed E-state index contributed by atoms with van der Waals surface area (Å²) in [7, 11) is -4.61. The first-order valence-corrected chi connectivity index (χ1v) is 7.89. The molecule has 5 N–H and O–H groups in total. The van der Waals surface area contributed by atoms with Crippen LogP contribution in [0.3, 0.4) is 0 Å². The summed E-state index contributed by atoms with van der Waals surface area (Å²) in [5, 5.41) is 0. The average molecular weight is 331 g/mol. The fourth-order valence-electron chi connectivity index (χ4n) is 2.42. The normalized spacial score (nSPS) is 25.9. The van der Waals surface area contributed by atoms with Gasteiger partial charge in [0.2, 0.25) is 5.95 Å². The van der Waals surface area contributed by atoms with Crippen molar-refractivity contribution in [2.24, 2.45) is 0 Å². The number of aromatic nitrogens is 4. The number of nitrogens with two attached hydrogens (primary N) is 1. The fraction of sp³-hybridized carbons (Fsp3) is 0.500. The standard InChI is InChI=1S/C10H14N5O6P/c1-4-5(21-22(17,18)19)2-6(20-4)15-3-12-7-8(15)13-10(11)14-9(7)16/h3-6H,2H2,1H3,(H2,17,18,19)(H3,11,13,14,16)/t4-,5+,6-/m1/s1. The molecule has 2 aromatic heterocycles. The zero-order chi connectivity index (χ0) is 16.1. The molecular weight excluding hydrogens is 317 g/mol. The summed E-state index contributed by atoms with van der Waals surface area (Å²) >= 11 is 0. The second-order valence-electron chi connectivity index (χ2n) is 4.94. The van der Waals surface area contributed by atoms with Crippen LogP contribution < -0.4 is 11.3 Å². The molecule has 1 saturated heterocycles. The van der Waals surface area contributed by atoms with Gasteiger partial charge in [-0.15, -0.1) is 0 Å². The van der Waals surface area contributed by atoms with E-state index < -0.39 is 31.8 Å². The van der Waals surface area contributed by atoms with Crippen molar-refractivity contribution < 1.29 is 23.6 Å². The van der Waals surface area contributed by atoms with E-state index in [1.807, 2.05) is 0 Å². The molecule has 0 bridgehead atoms. The number of hydrogen-bond donors (Lipinski definition) is 4. The van der Waals surface area contributed by atoms with Gasteiger partial charge in [-0.3, -0.25) is 18.9 Å². The lowest BCUT2D eigenvalue weighted by Crippen LogP contribution is -2.19. The van der Waals surface area contributed by atoms with Gasteiger partial charge in [-0.1, -0.05) is 0 Å². The molecule has 1 fully saturated rings. The Morgan fingerprint density at radius 2 is 2.32 bits per heavy atom. The maximum atomic E-state index is 11.7. The highest BCUT2D eigenvalue weighted by Gasteiger charge is 2.38. The molecule has 0 unspecified atom stereocenters. The van der Waals surface area contributed by atoms with Crippen molar-refractivity contribution in [1.29, 1.82) is 0 Å². The van der Waals surface area contributed by atoms with Gasteiger partial charge in [0, 0.05) is 6.42 Å². The van der Waals surface area contributed by atoms with E-state index >= 15 is 0 Å². The van der Waals surface area contributed by atoms with Crippen molar-refractivity contribution in [1.82, 2.24) is 19.5 Å². The third-order valence-corrected chi connectivity index (χ3v) is 3.91. The molecule has 3 atom stereocenters. The van der Waals surface area contributed by atoms with Crippen molar-refractivity contribution in [2.45, 2.75) is 31.8 Å². The van der Waals surface area contributed by atoms with Crippen LogP contribution in [0.5, 0.6) is 0 Å². The summed E-state index contributed by atoms with van der Waals surface area (Å²) in [6.45, 7) is 1.63. The minimum Gasteiger partial charge on any atom is -0.369 e. The SMILES string of the molecule is C[C@H]1O[C@@H](n2cnc3c(=O)[nH]c(N)nc32)C[C@@H]1OP(=O)(O)O. The Morgan fingerprint density at radius 3 is 3.00 bits per heavy atom. The number of anilines is 1. The van der Waals surface area contributed by atoms with Crippen LogP contribution in [0.2, 0.25) is 0 Å². The third-order valence-electron chi connectivity index (χ3n) is 3.36. The summed E-state index contributed by atoms with van der Waals surface area (Å²) < 4.78 is 22.7. The quantitative estimate of drug-likeness (QED) is 0.541. The molecule has 11 nitrogen and oxygen atoms in total. The first-order chi connectivity index (χ1) is 10.2. The maximum absolute atomic E-state index is 11.7. The zero-order valence-corrected chi connectivity index (χ0v) is 12.3. The molecule has 120 valence electrons. The number of nitrogens with one attached hydrogen (secondary N) is 1. The number of nitrogen functional groups attached to an aromatic ring is 1. The third kappa shape index (κ3) is 2.76. The predicted octanol–water partition coefficient (Wildman–Crippen LogP) is -0.513. The van der Waals surface area contributed by atoms with Gasteiger partial charge >= 0.3 is 7.82 Å². The molecule has 0 amide bonds. The van der Waals surface area contributed by atoms with E-state index in [1.54, 1.807) is 6.92 Å². The monoisotopic (exact) mass is 331 g/mol. The van der Waals surface area contributed by atoms with E-state index in [9.17, 15) is 9.36 Å². The number of rotatable bonds is 3. The second-order valence-corrected chi connectivity index (χ2v) is 6.13. The van der Waals surface area contributed by atoms with Gasteiger partial charge in [-0.25, -0.2) is 9.55 Å². The maximum Gasteiger partial charge on any atom is 0.469 e. The van der Waals surface area contributed by atoms with Gasteiger partial charge in [-0.05, 0) is 6.92 Å². The molecule has 3 rings (SSSR count).